The van der Waals surface area contributed by atoms with Crippen molar-refractivity contribution in [1.29, 1.82) is 0 Å². The van der Waals surface area contributed by atoms with E-state index in [9.17, 15) is 23.1 Å². The van der Waals surface area contributed by atoms with E-state index < -0.39 is 30.7 Å². The summed E-state index contributed by atoms with van der Waals surface area (Å²) in [6.45, 7) is 3.10. The van der Waals surface area contributed by atoms with Gasteiger partial charge in [0.25, 0.3) is 0 Å². The number of likely N-dealkylation sites (tertiary alicyclic amines) is 1. The third-order valence-electron chi connectivity index (χ3n) is 3.70. The number of carbonyl (C=O) groups excluding carboxylic acids is 1. The van der Waals surface area contributed by atoms with Crippen LogP contribution in [0.15, 0.2) is 0 Å². The van der Waals surface area contributed by atoms with Crippen molar-refractivity contribution in [1.82, 2.24) is 9.88 Å². The Bertz CT molecular complexity index is 561. The molecule has 2 rings (SSSR count). The maximum atomic E-state index is 12.7. The molecule has 1 unspecified atom stereocenters. The normalized spacial score (nSPS) is 23.0. The van der Waals surface area contributed by atoms with Crippen LogP contribution in [0, 0.1) is 6.92 Å². The summed E-state index contributed by atoms with van der Waals surface area (Å²) in [5, 5.41) is 12.6. The van der Waals surface area contributed by atoms with Gasteiger partial charge in [-0.15, -0.1) is 11.3 Å². The van der Waals surface area contributed by atoms with E-state index in [2.05, 4.69) is 10.3 Å². The molecule has 2 heterocycles. The van der Waals surface area contributed by atoms with Gasteiger partial charge in [-0.3, -0.25) is 9.69 Å². The molecule has 1 aromatic rings. The summed E-state index contributed by atoms with van der Waals surface area (Å²) in [7, 11) is 0. The van der Waals surface area contributed by atoms with Gasteiger partial charge in [0.05, 0.1) is 12.2 Å². The van der Waals surface area contributed by atoms with Crippen molar-refractivity contribution in [3.05, 3.63) is 10.6 Å². The molecule has 2 N–H and O–H groups in total. The molecule has 22 heavy (non-hydrogen) atoms. The number of β-amino-alcohol motifs (C(OH)–C–C–N with tert-alkyl or cyclic N) is 1. The molecule has 0 spiro atoms. The van der Waals surface area contributed by atoms with E-state index in [0.717, 1.165) is 17.0 Å². The maximum Gasteiger partial charge on any atom is 0.418 e. The molecular weight excluding hydrogens is 319 g/mol. The van der Waals surface area contributed by atoms with Crippen molar-refractivity contribution in [2.24, 2.45) is 0 Å². The fraction of sp³-hybridized carbons (Fsp3) is 0.692. The molecular formula is C13H18F3N3O2S. The van der Waals surface area contributed by atoms with E-state index in [-0.39, 0.29) is 13.1 Å². The number of rotatable bonds is 4. The summed E-state index contributed by atoms with van der Waals surface area (Å²) in [5.74, 6) is -0.428. The third kappa shape index (κ3) is 3.58. The molecule has 1 fully saturated rings. The first kappa shape index (κ1) is 17.2. The fourth-order valence-corrected chi connectivity index (χ4v) is 3.33. The minimum absolute atomic E-state index is 0.0283. The first-order valence-corrected chi connectivity index (χ1v) is 7.74. The Balaban J connectivity index is 1.90. The monoisotopic (exact) mass is 337 g/mol. The molecule has 1 aliphatic heterocycles. The molecule has 1 aliphatic rings. The predicted molar refractivity (Wildman–Crippen MR) is 76.9 cm³/mol. The number of alkyl halides is 3. The van der Waals surface area contributed by atoms with Crippen LogP contribution in [0.4, 0.5) is 18.3 Å². The number of hydrogen-bond acceptors (Lipinski definition) is 5. The van der Waals surface area contributed by atoms with E-state index >= 15 is 0 Å². The minimum Gasteiger partial charge on any atom is -0.379 e. The van der Waals surface area contributed by atoms with Crippen molar-refractivity contribution in [2.75, 3.05) is 25.0 Å². The number of aliphatic hydroxyl groups is 1. The standard InChI is InChI=1S/C13H18F3N3O2S/c1-3-9-8(2)22-11(17-9)18-10(20)6-19-5-4-12(21,7-19)13(14,15)16/h21H,3-7H2,1-2H3,(H,17,18,20). The number of amides is 1. The fourth-order valence-electron chi connectivity index (χ4n) is 2.41. The SMILES string of the molecule is CCc1nc(NC(=O)CN2CCC(O)(C(F)(F)F)C2)sc1C. The van der Waals surface area contributed by atoms with Crippen LogP contribution in [0.3, 0.4) is 0 Å². The topological polar surface area (TPSA) is 65.5 Å². The van der Waals surface area contributed by atoms with E-state index in [4.69, 9.17) is 0 Å². The van der Waals surface area contributed by atoms with Crippen LogP contribution in [0.5, 0.6) is 0 Å². The van der Waals surface area contributed by atoms with Gasteiger partial charge in [-0.05, 0) is 19.8 Å². The Labute approximate surface area is 130 Å². The van der Waals surface area contributed by atoms with Gasteiger partial charge in [0, 0.05) is 18.0 Å². The number of halogens is 3. The molecule has 1 amide bonds. The highest BCUT2D eigenvalue weighted by Crippen LogP contribution is 2.37. The maximum absolute atomic E-state index is 12.7. The van der Waals surface area contributed by atoms with Gasteiger partial charge < -0.3 is 10.4 Å². The average Bonchev–Trinajstić information content (AvgIpc) is 2.93. The van der Waals surface area contributed by atoms with E-state index in [1.54, 1.807) is 0 Å². The second-order valence-corrected chi connectivity index (χ2v) is 6.62. The van der Waals surface area contributed by atoms with Gasteiger partial charge in [-0.2, -0.15) is 13.2 Å². The summed E-state index contributed by atoms with van der Waals surface area (Å²) in [6, 6.07) is 0. The van der Waals surface area contributed by atoms with Crippen LogP contribution < -0.4 is 5.32 Å². The van der Waals surface area contributed by atoms with Gasteiger partial charge in [-0.1, -0.05) is 6.92 Å². The highest BCUT2D eigenvalue weighted by Gasteiger charge is 2.57. The van der Waals surface area contributed by atoms with Gasteiger partial charge in [-0.25, -0.2) is 4.98 Å². The van der Waals surface area contributed by atoms with Gasteiger partial charge in [0.15, 0.2) is 10.7 Å². The lowest BCUT2D eigenvalue weighted by Crippen LogP contribution is -2.48. The lowest BCUT2D eigenvalue weighted by molar-refractivity contribution is -0.253. The second-order valence-electron chi connectivity index (χ2n) is 5.41. The molecule has 0 bridgehead atoms. The van der Waals surface area contributed by atoms with Crippen LogP contribution in [0.2, 0.25) is 0 Å². The summed E-state index contributed by atoms with van der Waals surface area (Å²) in [4.78, 5) is 18.4. The highest BCUT2D eigenvalue weighted by atomic mass is 32.1. The average molecular weight is 337 g/mol. The number of aryl methyl sites for hydroxylation is 2. The lowest BCUT2D eigenvalue weighted by Gasteiger charge is -2.25. The Hall–Kier alpha value is -1.19. The van der Waals surface area contributed by atoms with Crippen molar-refractivity contribution in [3.63, 3.8) is 0 Å². The summed E-state index contributed by atoms with van der Waals surface area (Å²) >= 11 is 1.34. The highest BCUT2D eigenvalue weighted by molar-refractivity contribution is 7.15. The molecule has 124 valence electrons. The van der Waals surface area contributed by atoms with E-state index in [0.29, 0.717) is 5.13 Å². The van der Waals surface area contributed by atoms with Crippen molar-refractivity contribution in [3.8, 4) is 0 Å². The van der Waals surface area contributed by atoms with Gasteiger partial charge in [0.1, 0.15) is 0 Å². The largest absolute Gasteiger partial charge is 0.418 e. The third-order valence-corrected chi connectivity index (χ3v) is 4.62. The number of aromatic nitrogens is 1. The Morgan fingerprint density at radius 1 is 1.55 bits per heavy atom. The zero-order valence-electron chi connectivity index (χ0n) is 12.3. The Morgan fingerprint density at radius 3 is 2.73 bits per heavy atom. The number of carbonyl (C=O) groups is 1. The Morgan fingerprint density at radius 2 is 2.23 bits per heavy atom. The van der Waals surface area contributed by atoms with Crippen LogP contribution in [-0.2, 0) is 11.2 Å². The summed E-state index contributed by atoms with van der Waals surface area (Å²) in [5.41, 5.74) is -1.83. The lowest BCUT2D eigenvalue weighted by atomic mass is 10.0. The molecule has 1 aromatic heterocycles. The van der Waals surface area contributed by atoms with E-state index in [1.165, 1.54) is 16.2 Å². The van der Waals surface area contributed by atoms with Crippen molar-refractivity contribution >= 4 is 22.4 Å². The molecule has 5 nitrogen and oxygen atoms in total. The smallest absolute Gasteiger partial charge is 0.379 e. The van der Waals surface area contributed by atoms with Crippen LogP contribution in [-0.4, -0.2) is 52.3 Å². The molecule has 1 atom stereocenters. The van der Waals surface area contributed by atoms with Crippen molar-refractivity contribution < 1.29 is 23.1 Å². The number of hydrogen-bond donors (Lipinski definition) is 2. The van der Waals surface area contributed by atoms with Crippen LogP contribution in [0.25, 0.3) is 0 Å². The minimum atomic E-state index is -4.68. The van der Waals surface area contributed by atoms with E-state index in [1.807, 2.05) is 13.8 Å². The quantitative estimate of drug-likeness (QED) is 0.881. The zero-order valence-corrected chi connectivity index (χ0v) is 13.1. The van der Waals surface area contributed by atoms with Crippen LogP contribution in [0.1, 0.15) is 23.9 Å². The van der Waals surface area contributed by atoms with Gasteiger partial charge >= 0.3 is 6.18 Å². The molecule has 0 aromatic carbocycles. The number of nitrogens with zero attached hydrogens (tertiary/aromatic N) is 2. The number of nitrogens with one attached hydrogen (secondary N) is 1. The zero-order chi connectivity index (χ0) is 16.5. The first-order valence-electron chi connectivity index (χ1n) is 6.92. The number of anilines is 1. The Kier molecular flexibility index (Phi) is 4.78. The first-order chi connectivity index (χ1) is 10.1. The second kappa shape index (κ2) is 6.13. The molecule has 0 saturated carbocycles. The molecule has 9 heteroatoms. The predicted octanol–water partition coefficient (Wildman–Crippen LogP) is 1.95. The van der Waals surface area contributed by atoms with Gasteiger partial charge in [0.2, 0.25) is 5.91 Å². The van der Waals surface area contributed by atoms with Crippen LogP contribution >= 0.6 is 11.3 Å². The summed E-state index contributed by atoms with van der Waals surface area (Å²) in [6.07, 6.45) is -4.34. The van der Waals surface area contributed by atoms with Crippen molar-refractivity contribution in [2.45, 2.75) is 38.5 Å². The summed E-state index contributed by atoms with van der Waals surface area (Å²) < 4.78 is 38.1. The molecule has 0 aliphatic carbocycles. The molecule has 1 saturated heterocycles. The molecule has 0 radical (unpaired) electrons. The number of thiazole rings is 1.